The SMILES string of the molecule is Oc1cccc(-c2cccnc2Oc2ccc([As]c3ccccn3)cc2)c1. The van der Waals surface area contributed by atoms with E-state index in [2.05, 4.69) is 28.2 Å². The summed E-state index contributed by atoms with van der Waals surface area (Å²) < 4.78 is 8.39. The zero-order chi connectivity index (χ0) is 18.5. The first kappa shape index (κ1) is 17.3. The first-order valence-electron chi connectivity index (χ1n) is 8.43. The van der Waals surface area contributed by atoms with Gasteiger partial charge in [0.1, 0.15) is 0 Å². The summed E-state index contributed by atoms with van der Waals surface area (Å²) in [6.45, 7) is 0. The number of aromatic hydroxyl groups is 1. The first-order chi connectivity index (χ1) is 13.3. The number of phenolic OH excluding ortho intramolecular Hbond substituents is 1. The third-order valence-electron chi connectivity index (χ3n) is 3.87. The Bertz CT molecular complexity index is 1040. The van der Waals surface area contributed by atoms with Gasteiger partial charge in [0.15, 0.2) is 0 Å². The van der Waals surface area contributed by atoms with E-state index in [0.717, 1.165) is 21.4 Å². The van der Waals surface area contributed by atoms with Crippen molar-refractivity contribution >= 4 is 24.6 Å². The molecule has 0 aliphatic rings. The van der Waals surface area contributed by atoms with E-state index in [1.165, 1.54) is 4.35 Å². The molecule has 2 aromatic carbocycles. The molecule has 2 aromatic heterocycles. The Kier molecular flexibility index (Phi) is 5.17. The van der Waals surface area contributed by atoms with Crippen LogP contribution in [0.15, 0.2) is 91.3 Å². The molecule has 27 heavy (non-hydrogen) atoms. The van der Waals surface area contributed by atoms with Gasteiger partial charge >= 0.3 is 164 Å². The van der Waals surface area contributed by atoms with E-state index in [1.54, 1.807) is 24.4 Å². The molecule has 0 saturated carbocycles. The van der Waals surface area contributed by atoms with Crippen LogP contribution in [0.1, 0.15) is 0 Å². The zero-order valence-corrected chi connectivity index (χ0v) is 16.2. The Hall–Kier alpha value is -3.10. The van der Waals surface area contributed by atoms with Crippen LogP contribution in [0.3, 0.4) is 0 Å². The Morgan fingerprint density at radius 2 is 1.63 bits per heavy atom. The van der Waals surface area contributed by atoms with E-state index in [9.17, 15) is 5.11 Å². The third-order valence-corrected chi connectivity index (χ3v) is 6.08. The second-order valence-electron chi connectivity index (χ2n) is 5.80. The van der Waals surface area contributed by atoms with Crippen molar-refractivity contribution in [3.05, 3.63) is 91.3 Å². The fraction of sp³-hybridized carbons (Fsp3) is 0. The third kappa shape index (κ3) is 4.36. The molecule has 1 N–H and O–H groups in total. The fourth-order valence-electron chi connectivity index (χ4n) is 2.62. The maximum atomic E-state index is 9.74. The van der Waals surface area contributed by atoms with Crippen LogP contribution in [-0.4, -0.2) is 30.8 Å². The molecular formula is C22H16AsN2O2. The number of rotatable bonds is 5. The van der Waals surface area contributed by atoms with Gasteiger partial charge in [0.25, 0.3) is 0 Å². The van der Waals surface area contributed by atoms with Crippen LogP contribution in [0.5, 0.6) is 17.4 Å². The zero-order valence-electron chi connectivity index (χ0n) is 14.4. The predicted molar refractivity (Wildman–Crippen MR) is 107 cm³/mol. The van der Waals surface area contributed by atoms with E-state index in [0.29, 0.717) is 5.88 Å². The molecule has 4 rings (SSSR count). The van der Waals surface area contributed by atoms with Crippen molar-refractivity contribution in [3.63, 3.8) is 0 Å². The predicted octanol–water partition coefficient (Wildman–Crippen LogP) is 3.30. The Labute approximate surface area is 164 Å². The quantitative estimate of drug-likeness (QED) is 0.509. The number of nitrogens with zero attached hydrogens (tertiary/aromatic N) is 2. The molecule has 0 unspecified atom stereocenters. The second-order valence-corrected chi connectivity index (χ2v) is 8.32. The molecule has 0 atom stereocenters. The van der Waals surface area contributed by atoms with Gasteiger partial charge in [-0.05, 0) is 0 Å². The Morgan fingerprint density at radius 1 is 0.778 bits per heavy atom. The van der Waals surface area contributed by atoms with E-state index < -0.39 is 0 Å². The number of hydrogen-bond donors (Lipinski definition) is 1. The molecule has 0 saturated heterocycles. The topological polar surface area (TPSA) is 55.2 Å². The molecule has 0 bridgehead atoms. The van der Waals surface area contributed by atoms with Gasteiger partial charge in [-0.15, -0.1) is 0 Å². The van der Waals surface area contributed by atoms with Crippen LogP contribution in [-0.2, 0) is 0 Å². The van der Waals surface area contributed by atoms with Crippen LogP contribution >= 0.6 is 0 Å². The van der Waals surface area contributed by atoms with E-state index >= 15 is 0 Å². The average molecular weight is 415 g/mol. The van der Waals surface area contributed by atoms with Crippen molar-refractivity contribution < 1.29 is 9.84 Å². The van der Waals surface area contributed by atoms with Gasteiger partial charge in [-0.2, -0.15) is 0 Å². The van der Waals surface area contributed by atoms with E-state index in [1.807, 2.05) is 48.7 Å². The monoisotopic (exact) mass is 415 g/mol. The van der Waals surface area contributed by atoms with Crippen molar-refractivity contribution in [3.8, 4) is 28.5 Å². The van der Waals surface area contributed by atoms with Crippen molar-refractivity contribution in [1.29, 1.82) is 0 Å². The van der Waals surface area contributed by atoms with Crippen molar-refractivity contribution in [2.75, 3.05) is 0 Å². The second kappa shape index (κ2) is 8.07. The molecule has 0 aliphatic carbocycles. The van der Waals surface area contributed by atoms with E-state index in [-0.39, 0.29) is 21.5 Å². The normalized spacial score (nSPS) is 11.0. The molecule has 4 nitrogen and oxygen atoms in total. The molecule has 0 spiro atoms. The minimum atomic E-state index is -0.142. The molecule has 0 aliphatic heterocycles. The summed E-state index contributed by atoms with van der Waals surface area (Å²) in [5, 5.41) is 9.74. The summed E-state index contributed by atoms with van der Waals surface area (Å²) in [5.41, 5.74) is 1.69. The molecule has 0 amide bonds. The number of pyridine rings is 2. The maximum absolute atomic E-state index is 9.74. The van der Waals surface area contributed by atoms with Gasteiger partial charge in [0.2, 0.25) is 0 Å². The fourth-order valence-corrected chi connectivity index (χ4v) is 4.40. The molecule has 131 valence electrons. The van der Waals surface area contributed by atoms with Crippen LogP contribution in [0.2, 0.25) is 0 Å². The van der Waals surface area contributed by atoms with Crippen LogP contribution in [0, 0.1) is 0 Å². The van der Waals surface area contributed by atoms with Crippen molar-refractivity contribution in [2.45, 2.75) is 0 Å². The van der Waals surface area contributed by atoms with Gasteiger partial charge < -0.3 is 0 Å². The van der Waals surface area contributed by atoms with E-state index in [4.69, 9.17) is 4.74 Å². The standard InChI is InChI=1S/C22H16AsN2O2/c26-18-6-3-5-16(15-18)20-7-4-14-25-22(20)27-19-11-9-17(10-12-19)23-21-8-1-2-13-24-21/h1-15,26H. The Morgan fingerprint density at radius 3 is 2.41 bits per heavy atom. The number of benzene rings is 2. The molecule has 0 fully saturated rings. The van der Waals surface area contributed by atoms with Crippen molar-refractivity contribution in [1.82, 2.24) is 9.97 Å². The summed E-state index contributed by atoms with van der Waals surface area (Å²) in [7, 11) is 0. The summed E-state index contributed by atoms with van der Waals surface area (Å²) in [5.74, 6) is 1.44. The average Bonchev–Trinajstić information content (AvgIpc) is 2.71. The number of aromatic nitrogens is 2. The first-order valence-corrected chi connectivity index (χ1v) is 10.3. The molecule has 2 heterocycles. The van der Waals surface area contributed by atoms with Gasteiger partial charge in [0.05, 0.1) is 0 Å². The van der Waals surface area contributed by atoms with Crippen molar-refractivity contribution in [2.24, 2.45) is 0 Å². The van der Waals surface area contributed by atoms with Gasteiger partial charge in [0, 0.05) is 0 Å². The molecule has 4 aromatic rings. The molecule has 1 radical (unpaired) electrons. The Balaban J connectivity index is 1.55. The summed E-state index contributed by atoms with van der Waals surface area (Å²) >= 11 is -0.142. The van der Waals surface area contributed by atoms with Gasteiger partial charge in [-0.25, -0.2) is 0 Å². The minimum absolute atomic E-state index is 0.142. The molecular weight excluding hydrogens is 399 g/mol. The number of phenols is 1. The summed E-state index contributed by atoms with van der Waals surface area (Å²) in [4.78, 5) is 8.76. The molecule has 5 heteroatoms. The van der Waals surface area contributed by atoms with Crippen LogP contribution in [0.4, 0.5) is 0 Å². The number of hydrogen-bond acceptors (Lipinski definition) is 4. The number of ether oxygens (including phenoxy) is 1. The van der Waals surface area contributed by atoms with Gasteiger partial charge in [-0.3, -0.25) is 0 Å². The summed E-state index contributed by atoms with van der Waals surface area (Å²) in [6.07, 6.45) is 3.52. The van der Waals surface area contributed by atoms with Gasteiger partial charge in [-0.1, -0.05) is 0 Å². The van der Waals surface area contributed by atoms with Crippen LogP contribution in [0.25, 0.3) is 11.1 Å². The summed E-state index contributed by atoms with van der Waals surface area (Å²) in [6, 6.07) is 24.9. The van der Waals surface area contributed by atoms with Crippen LogP contribution < -0.4 is 13.6 Å².